The summed E-state index contributed by atoms with van der Waals surface area (Å²) in [7, 11) is 0. The monoisotopic (exact) mass is 344 g/mol. The van der Waals surface area contributed by atoms with Crippen molar-refractivity contribution >= 4 is 0 Å². The molecule has 0 heterocycles. The Kier molecular flexibility index (Phi) is 6.94. The first-order chi connectivity index (χ1) is 11.0. The third kappa shape index (κ3) is 3.53. The van der Waals surface area contributed by atoms with Gasteiger partial charge in [-0.25, -0.2) is 0 Å². The van der Waals surface area contributed by atoms with Gasteiger partial charge >= 0.3 is 0 Å². The van der Waals surface area contributed by atoms with Crippen LogP contribution in [0.15, 0.2) is 0 Å². The number of aliphatic hydroxyl groups is 4. The lowest BCUT2D eigenvalue weighted by Gasteiger charge is -2.40. The molecule has 0 bridgehead atoms. The Morgan fingerprint density at radius 2 is 0.917 bits per heavy atom. The molecule has 0 aromatic rings. The lowest BCUT2D eigenvalue weighted by Crippen LogP contribution is -2.38. The largest absolute Gasteiger partial charge is 0.396 e. The molecular formula is C20H40O4. The Labute approximate surface area is 148 Å². The molecule has 4 unspecified atom stereocenters. The average Bonchev–Trinajstić information content (AvgIpc) is 2.91. The lowest BCUT2D eigenvalue weighted by atomic mass is 9.66. The van der Waals surface area contributed by atoms with Crippen LogP contribution in [0.4, 0.5) is 0 Å². The first-order valence-electron chi connectivity index (χ1n) is 9.39. The third-order valence-electron chi connectivity index (χ3n) is 8.38. The highest BCUT2D eigenvalue weighted by atomic mass is 16.3. The standard InChI is InChI=1S/2C10H20O2/c2*1-9(2)8(6-11)4-5-10(9,3)7-12/h2*8,11-12H,4-7H2,1-3H3. The number of aliphatic hydroxyl groups excluding tert-OH is 4. The van der Waals surface area contributed by atoms with Crippen molar-refractivity contribution < 1.29 is 20.4 Å². The average molecular weight is 345 g/mol. The molecule has 0 amide bonds. The van der Waals surface area contributed by atoms with Crippen LogP contribution in [0.2, 0.25) is 0 Å². The maximum Gasteiger partial charge on any atom is 0.0490 e. The van der Waals surface area contributed by atoms with Crippen LogP contribution in [-0.2, 0) is 0 Å². The third-order valence-corrected chi connectivity index (χ3v) is 8.38. The van der Waals surface area contributed by atoms with Gasteiger partial charge in [0.15, 0.2) is 0 Å². The summed E-state index contributed by atoms with van der Waals surface area (Å²) in [5.41, 5.74) is 0.133. The fourth-order valence-electron chi connectivity index (χ4n) is 4.54. The van der Waals surface area contributed by atoms with Gasteiger partial charge in [0, 0.05) is 26.4 Å². The van der Waals surface area contributed by atoms with E-state index in [4.69, 9.17) is 10.2 Å². The minimum Gasteiger partial charge on any atom is -0.396 e. The Morgan fingerprint density at radius 1 is 0.625 bits per heavy atom. The van der Waals surface area contributed by atoms with E-state index in [1.165, 1.54) is 0 Å². The molecule has 144 valence electrons. The smallest absolute Gasteiger partial charge is 0.0490 e. The van der Waals surface area contributed by atoms with E-state index in [0.717, 1.165) is 25.7 Å². The predicted octanol–water partition coefficient (Wildman–Crippen LogP) is 2.83. The summed E-state index contributed by atoms with van der Waals surface area (Å²) >= 11 is 0. The van der Waals surface area contributed by atoms with Crippen molar-refractivity contribution in [3.05, 3.63) is 0 Å². The zero-order valence-corrected chi connectivity index (χ0v) is 16.6. The zero-order chi connectivity index (χ0) is 18.8. The van der Waals surface area contributed by atoms with Crippen molar-refractivity contribution in [2.24, 2.45) is 33.5 Å². The summed E-state index contributed by atoms with van der Waals surface area (Å²) in [6, 6.07) is 0. The highest BCUT2D eigenvalue weighted by Gasteiger charge is 2.51. The Hall–Kier alpha value is -0.160. The van der Waals surface area contributed by atoms with Gasteiger partial charge in [-0.3, -0.25) is 0 Å². The molecule has 2 saturated carbocycles. The van der Waals surface area contributed by atoms with Crippen molar-refractivity contribution in [3.8, 4) is 0 Å². The van der Waals surface area contributed by atoms with Gasteiger partial charge in [0.2, 0.25) is 0 Å². The molecule has 0 spiro atoms. The molecule has 4 atom stereocenters. The van der Waals surface area contributed by atoms with E-state index in [1.807, 2.05) is 0 Å². The first-order valence-corrected chi connectivity index (χ1v) is 9.39. The maximum atomic E-state index is 9.29. The fourth-order valence-corrected chi connectivity index (χ4v) is 4.54. The number of rotatable bonds is 4. The molecule has 2 aliphatic carbocycles. The van der Waals surface area contributed by atoms with Crippen LogP contribution in [0, 0.1) is 33.5 Å². The molecular weight excluding hydrogens is 304 g/mol. The molecule has 4 heteroatoms. The molecule has 0 saturated heterocycles. The maximum absolute atomic E-state index is 9.29. The van der Waals surface area contributed by atoms with Crippen LogP contribution in [-0.4, -0.2) is 46.9 Å². The van der Waals surface area contributed by atoms with E-state index in [-0.39, 0.29) is 48.1 Å². The molecule has 0 aliphatic heterocycles. The van der Waals surface area contributed by atoms with Gasteiger partial charge in [-0.1, -0.05) is 41.5 Å². The normalized spacial score (nSPS) is 40.2. The molecule has 4 nitrogen and oxygen atoms in total. The van der Waals surface area contributed by atoms with Gasteiger partial charge in [-0.15, -0.1) is 0 Å². The van der Waals surface area contributed by atoms with Crippen LogP contribution < -0.4 is 0 Å². The second kappa shape index (κ2) is 7.61. The van der Waals surface area contributed by atoms with Gasteiger partial charge in [0.05, 0.1) is 0 Å². The summed E-state index contributed by atoms with van der Waals surface area (Å²) in [4.78, 5) is 0. The summed E-state index contributed by atoms with van der Waals surface area (Å²) in [5, 5.41) is 36.9. The first kappa shape index (κ1) is 21.9. The molecule has 0 radical (unpaired) electrons. The van der Waals surface area contributed by atoms with Crippen molar-refractivity contribution in [3.63, 3.8) is 0 Å². The van der Waals surface area contributed by atoms with Crippen molar-refractivity contribution in [1.82, 2.24) is 0 Å². The quantitative estimate of drug-likeness (QED) is 0.632. The van der Waals surface area contributed by atoms with E-state index in [0.29, 0.717) is 11.8 Å². The van der Waals surface area contributed by atoms with Gasteiger partial charge in [0.25, 0.3) is 0 Å². The van der Waals surface area contributed by atoms with Crippen molar-refractivity contribution in [1.29, 1.82) is 0 Å². The Morgan fingerprint density at radius 3 is 1.04 bits per heavy atom. The van der Waals surface area contributed by atoms with E-state index in [1.54, 1.807) is 0 Å². The highest BCUT2D eigenvalue weighted by molar-refractivity contribution is 5.00. The molecule has 24 heavy (non-hydrogen) atoms. The van der Waals surface area contributed by atoms with Gasteiger partial charge in [0.1, 0.15) is 0 Å². The van der Waals surface area contributed by atoms with Crippen molar-refractivity contribution in [2.75, 3.05) is 26.4 Å². The van der Waals surface area contributed by atoms with E-state index in [9.17, 15) is 10.2 Å². The Bertz CT molecular complexity index is 368. The summed E-state index contributed by atoms with van der Waals surface area (Å²) in [5.74, 6) is 0.712. The second-order valence-corrected chi connectivity index (χ2v) is 9.72. The van der Waals surface area contributed by atoms with Crippen LogP contribution in [0.5, 0.6) is 0 Å². The predicted molar refractivity (Wildman–Crippen MR) is 97.6 cm³/mol. The van der Waals surface area contributed by atoms with Crippen LogP contribution in [0.3, 0.4) is 0 Å². The zero-order valence-electron chi connectivity index (χ0n) is 16.6. The van der Waals surface area contributed by atoms with Crippen LogP contribution in [0.25, 0.3) is 0 Å². The number of hydrogen-bond donors (Lipinski definition) is 4. The molecule has 0 aromatic heterocycles. The molecule has 2 fully saturated rings. The SMILES string of the molecule is CC1(CO)CCC(CO)C1(C)C.CC1(CO)CCC(CO)C1(C)C. The lowest BCUT2D eigenvalue weighted by molar-refractivity contribution is 0.0102. The van der Waals surface area contributed by atoms with E-state index in [2.05, 4.69) is 41.5 Å². The molecule has 2 aliphatic rings. The van der Waals surface area contributed by atoms with Crippen LogP contribution >= 0.6 is 0 Å². The number of hydrogen-bond acceptors (Lipinski definition) is 4. The van der Waals surface area contributed by atoms with Gasteiger partial charge in [-0.2, -0.15) is 0 Å². The van der Waals surface area contributed by atoms with Crippen LogP contribution in [0.1, 0.15) is 67.2 Å². The molecule has 4 N–H and O–H groups in total. The molecule has 0 aromatic carbocycles. The summed E-state index contributed by atoms with van der Waals surface area (Å²) in [6.45, 7) is 13.8. The minimum atomic E-state index is 0.000394. The topological polar surface area (TPSA) is 80.9 Å². The van der Waals surface area contributed by atoms with Gasteiger partial charge in [-0.05, 0) is 59.2 Å². The summed E-state index contributed by atoms with van der Waals surface area (Å²) in [6.07, 6.45) is 4.14. The van der Waals surface area contributed by atoms with E-state index >= 15 is 0 Å². The van der Waals surface area contributed by atoms with Gasteiger partial charge < -0.3 is 20.4 Å². The minimum absolute atomic E-state index is 0.000394. The van der Waals surface area contributed by atoms with Crippen molar-refractivity contribution in [2.45, 2.75) is 67.2 Å². The Balaban J connectivity index is 0.000000240. The highest BCUT2D eigenvalue weighted by Crippen LogP contribution is 2.56. The fraction of sp³-hybridized carbons (Fsp3) is 1.00. The molecule has 2 rings (SSSR count). The second-order valence-electron chi connectivity index (χ2n) is 9.72. The van der Waals surface area contributed by atoms with E-state index < -0.39 is 0 Å². The summed E-state index contributed by atoms with van der Waals surface area (Å²) < 4.78 is 0.